The van der Waals surface area contributed by atoms with E-state index in [9.17, 15) is 14.7 Å². The van der Waals surface area contributed by atoms with Crippen LogP contribution in [0.25, 0.3) is 0 Å². The Labute approximate surface area is 205 Å². The zero-order valence-corrected chi connectivity index (χ0v) is 20.4. The molecule has 0 saturated carbocycles. The van der Waals surface area contributed by atoms with Crippen molar-refractivity contribution in [3.05, 3.63) is 88.7 Å². The van der Waals surface area contributed by atoms with Gasteiger partial charge in [-0.3, -0.25) is 4.79 Å². The molecule has 8 heteroatoms. The van der Waals surface area contributed by atoms with Crippen molar-refractivity contribution in [2.24, 2.45) is 0 Å². The van der Waals surface area contributed by atoms with Crippen molar-refractivity contribution in [1.29, 1.82) is 0 Å². The molecule has 0 radical (unpaired) electrons. The number of aryl methyl sites for hydroxylation is 2. The summed E-state index contributed by atoms with van der Waals surface area (Å²) < 4.78 is 4.99. The first-order valence-corrected chi connectivity index (χ1v) is 11.4. The third kappa shape index (κ3) is 7.28. The molecule has 184 valence electrons. The standard InChI is InChI=1S/C27H31N3O5/c1-17-5-9-20(10-6-17)15-22(16-21-11-7-18(2)8-12-21)30-35-27(33)19(3)29-26(32)24-25(31)23(34-4)13-14-28-24/h5-14,19,22,30-31H,15-16H2,1-4H3,(H,29,32)/t19-/m0/s1. The Morgan fingerprint density at radius 2 is 1.49 bits per heavy atom. The number of carbonyl (C=O) groups is 2. The molecule has 0 saturated heterocycles. The van der Waals surface area contributed by atoms with Crippen molar-refractivity contribution < 1.29 is 24.3 Å². The molecule has 0 fully saturated rings. The van der Waals surface area contributed by atoms with E-state index in [0.29, 0.717) is 12.8 Å². The van der Waals surface area contributed by atoms with Gasteiger partial charge in [0.2, 0.25) is 0 Å². The number of hydroxylamine groups is 1. The van der Waals surface area contributed by atoms with Gasteiger partial charge in [-0.05, 0) is 44.7 Å². The second kappa shape index (κ2) is 12.0. The fourth-order valence-electron chi connectivity index (χ4n) is 3.49. The van der Waals surface area contributed by atoms with Crippen molar-refractivity contribution in [3.8, 4) is 11.5 Å². The van der Waals surface area contributed by atoms with E-state index in [1.807, 2.05) is 38.1 Å². The maximum atomic E-state index is 12.6. The molecule has 1 atom stereocenters. The Hall–Kier alpha value is -3.91. The molecule has 0 bridgehead atoms. The molecule has 35 heavy (non-hydrogen) atoms. The van der Waals surface area contributed by atoms with Crippen LogP contribution in [0.3, 0.4) is 0 Å². The molecule has 0 aliphatic carbocycles. The average molecular weight is 478 g/mol. The number of amides is 1. The molecule has 3 N–H and O–H groups in total. The van der Waals surface area contributed by atoms with Crippen molar-refractivity contribution in [1.82, 2.24) is 15.8 Å². The lowest BCUT2D eigenvalue weighted by molar-refractivity contribution is -0.154. The Morgan fingerprint density at radius 3 is 2.00 bits per heavy atom. The number of ether oxygens (including phenoxy) is 1. The molecule has 1 amide bonds. The molecule has 1 heterocycles. The zero-order valence-electron chi connectivity index (χ0n) is 20.4. The van der Waals surface area contributed by atoms with E-state index < -0.39 is 23.7 Å². The van der Waals surface area contributed by atoms with Gasteiger partial charge >= 0.3 is 5.97 Å². The van der Waals surface area contributed by atoms with Crippen molar-refractivity contribution in [3.63, 3.8) is 0 Å². The SMILES string of the molecule is COc1ccnc(C(=O)N[C@@H](C)C(=O)ONC(Cc2ccc(C)cc2)Cc2ccc(C)cc2)c1O. The first-order valence-electron chi connectivity index (χ1n) is 11.4. The minimum absolute atomic E-state index is 0.108. The van der Waals surface area contributed by atoms with Crippen LogP contribution in [0.15, 0.2) is 60.8 Å². The first-order chi connectivity index (χ1) is 16.8. The Balaban J connectivity index is 1.63. The van der Waals surface area contributed by atoms with Gasteiger partial charge in [0.1, 0.15) is 6.04 Å². The Kier molecular flexibility index (Phi) is 8.80. The van der Waals surface area contributed by atoms with Crippen LogP contribution < -0.4 is 15.5 Å². The van der Waals surface area contributed by atoms with E-state index in [-0.39, 0.29) is 17.5 Å². The van der Waals surface area contributed by atoms with Crippen LogP contribution >= 0.6 is 0 Å². The number of nitrogens with one attached hydrogen (secondary N) is 2. The van der Waals surface area contributed by atoms with Crippen LogP contribution in [0.5, 0.6) is 11.5 Å². The number of aromatic nitrogens is 1. The fraction of sp³-hybridized carbons (Fsp3) is 0.296. The number of hydrogen-bond donors (Lipinski definition) is 3. The van der Waals surface area contributed by atoms with Crippen molar-refractivity contribution >= 4 is 11.9 Å². The number of carbonyl (C=O) groups excluding carboxylic acids is 2. The quantitative estimate of drug-likeness (QED) is 0.384. The van der Waals surface area contributed by atoms with Gasteiger partial charge in [0.25, 0.3) is 5.91 Å². The van der Waals surface area contributed by atoms with Crippen LogP contribution in [0.4, 0.5) is 0 Å². The maximum absolute atomic E-state index is 12.6. The summed E-state index contributed by atoms with van der Waals surface area (Å²) in [7, 11) is 1.37. The van der Waals surface area contributed by atoms with Crippen LogP contribution in [0.1, 0.15) is 39.7 Å². The van der Waals surface area contributed by atoms with Crippen LogP contribution in [0, 0.1) is 13.8 Å². The molecule has 3 rings (SSSR count). The van der Waals surface area contributed by atoms with Gasteiger partial charge in [0.05, 0.1) is 13.2 Å². The molecule has 2 aromatic carbocycles. The summed E-state index contributed by atoms with van der Waals surface area (Å²) in [5, 5.41) is 12.6. The largest absolute Gasteiger partial charge is 0.503 e. The average Bonchev–Trinajstić information content (AvgIpc) is 2.85. The molecular weight excluding hydrogens is 446 g/mol. The predicted octanol–water partition coefficient (Wildman–Crippen LogP) is 3.43. The highest BCUT2D eigenvalue weighted by Gasteiger charge is 2.23. The lowest BCUT2D eigenvalue weighted by Gasteiger charge is -2.20. The summed E-state index contributed by atoms with van der Waals surface area (Å²) in [6, 6.07) is 16.7. The van der Waals surface area contributed by atoms with E-state index in [2.05, 4.69) is 40.0 Å². The second-order valence-corrected chi connectivity index (χ2v) is 8.52. The number of benzene rings is 2. The highest BCUT2D eigenvalue weighted by molar-refractivity contribution is 5.97. The molecule has 0 aliphatic heterocycles. The number of hydrogen-bond acceptors (Lipinski definition) is 7. The maximum Gasteiger partial charge on any atom is 0.347 e. The molecule has 1 aromatic heterocycles. The smallest absolute Gasteiger partial charge is 0.347 e. The molecule has 0 spiro atoms. The van der Waals surface area contributed by atoms with Crippen LogP contribution in [0.2, 0.25) is 0 Å². The zero-order chi connectivity index (χ0) is 25.4. The van der Waals surface area contributed by atoms with E-state index in [1.165, 1.54) is 37.4 Å². The number of aromatic hydroxyl groups is 1. The Morgan fingerprint density at radius 1 is 0.943 bits per heavy atom. The Bertz CT molecular complexity index is 1100. The van der Waals surface area contributed by atoms with Gasteiger partial charge in [-0.1, -0.05) is 59.7 Å². The van der Waals surface area contributed by atoms with Crippen molar-refractivity contribution in [2.45, 2.75) is 45.7 Å². The fourth-order valence-corrected chi connectivity index (χ4v) is 3.49. The number of rotatable bonds is 10. The molecular formula is C27H31N3O5. The van der Waals surface area contributed by atoms with Gasteiger partial charge in [-0.2, -0.15) is 0 Å². The number of pyridine rings is 1. The van der Waals surface area contributed by atoms with E-state index in [1.54, 1.807) is 0 Å². The lowest BCUT2D eigenvalue weighted by atomic mass is 9.98. The summed E-state index contributed by atoms with van der Waals surface area (Å²) in [5.74, 6) is -1.68. The van der Waals surface area contributed by atoms with Gasteiger partial charge in [0, 0.05) is 12.3 Å². The lowest BCUT2D eigenvalue weighted by Crippen LogP contribution is -2.44. The molecule has 0 aliphatic rings. The number of nitrogens with zero attached hydrogens (tertiary/aromatic N) is 1. The van der Waals surface area contributed by atoms with Gasteiger partial charge in [-0.15, -0.1) is 5.48 Å². The van der Waals surface area contributed by atoms with Gasteiger partial charge in [0.15, 0.2) is 17.2 Å². The highest BCUT2D eigenvalue weighted by atomic mass is 16.7. The highest BCUT2D eigenvalue weighted by Crippen LogP contribution is 2.27. The first kappa shape index (κ1) is 25.7. The molecule has 0 unspecified atom stereocenters. The molecule has 3 aromatic rings. The van der Waals surface area contributed by atoms with Crippen molar-refractivity contribution in [2.75, 3.05) is 7.11 Å². The van der Waals surface area contributed by atoms with Crippen LogP contribution in [-0.2, 0) is 22.5 Å². The summed E-state index contributed by atoms with van der Waals surface area (Å²) >= 11 is 0. The predicted molar refractivity (Wildman–Crippen MR) is 132 cm³/mol. The third-order valence-corrected chi connectivity index (χ3v) is 5.55. The van der Waals surface area contributed by atoms with E-state index in [4.69, 9.17) is 9.57 Å². The van der Waals surface area contributed by atoms with Gasteiger partial charge < -0.3 is 20.0 Å². The van der Waals surface area contributed by atoms with Crippen LogP contribution in [-0.4, -0.2) is 41.2 Å². The minimum atomic E-state index is -0.984. The number of methoxy groups -OCH3 is 1. The van der Waals surface area contributed by atoms with E-state index >= 15 is 0 Å². The summed E-state index contributed by atoms with van der Waals surface area (Å²) in [6.07, 6.45) is 2.62. The van der Waals surface area contributed by atoms with Gasteiger partial charge in [-0.25, -0.2) is 9.78 Å². The summed E-state index contributed by atoms with van der Waals surface area (Å²) in [5.41, 5.74) is 7.20. The normalized spacial score (nSPS) is 11.7. The summed E-state index contributed by atoms with van der Waals surface area (Å²) in [6.45, 7) is 5.56. The molecule has 8 nitrogen and oxygen atoms in total. The third-order valence-electron chi connectivity index (χ3n) is 5.55. The van der Waals surface area contributed by atoms with E-state index in [0.717, 1.165) is 11.1 Å². The minimum Gasteiger partial charge on any atom is -0.503 e. The summed E-state index contributed by atoms with van der Waals surface area (Å²) in [4.78, 5) is 34.3. The topological polar surface area (TPSA) is 110 Å². The second-order valence-electron chi connectivity index (χ2n) is 8.52. The monoisotopic (exact) mass is 477 g/mol.